The van der Waals surface area contributed by atoms with Crippen LogP contribution < -0.4 is 5.73 Å². The van der Waals surface area contributed by atoms with E-state index in [1.54, 1.807) is 0 Å². The van der Waals surface area contributed by atoms with E-state index in [0.29, 0.717) is 29.3 Å². The summed E-state index contributed by atoms with van der Waals surface area (Å²) in [7, 11) is 0. The fourth-order valence-corrected chi connectivity index (χ4v) is 5.67. The van der Waals surface area contributed by atoms with Gasteiger partial charge in [-0.3, -0.25) is 9.59 Å². The van der Waals surface area contributed by atoms with Crippen molar-refractivity contribution in [3.05, 3.63) is 35.2 Å². The first-order chi connectivity index (χ1) is 16.1. The summed E-state index contributed by atoms with van der Waals surface area (Å²) in [6.45, 7) is 2.31. The Bertz CT molecular complexity index is 1290. The molecule has 2 aromatic heterocycles. The number of Topliss-reactive ketones (excluding diaryl/α,β-unsaturated/α-hetero) is 1. The van der Waals surface area contributed by atoms with E-state index in [2.05, 4.69) is 20.5 Å². The summed E-state index contributed by atoms with van der Waals surface area (Å²) in [4.78, 5) is 39.3. The van der Waals surface area contributed by atoms with E-state index < -0.39 is 0 Å². The molecular weight excluding hydrogens is 436 g/mol. The van der Waals surface area contributed by atoms with Crippen LogP contribution in [0.5, 0.6) is 0 Å². The largest absolute Gasteiger partial charge is 0.382 e. The highest BCUT2D eigenvalue weighted by Gasteiger charge is 2.24. The number of hydrogen-bond acceptors (Lipinski definition) is 7. The molecule has 168 valence electrons. The molecule has 1 fully saturated rings. The predicted molar refractivity (Wildman–Crippen MR) is 126 cm³/mol. The van der Waals surface area contributed by atoms with Crippen molar-refractivity contribution in [2.45, 2.75) is 48.7 Å². The lowest BCUT2D eigenvalue weighted by molar-refractivity contribution is -0.119. The number of carbonyl (C=O) groups excluding carboxylic acids is 2. The Kier molecular flexibility index (Phi) is 5.77. The highest BCUT2D eigenvalue weighted by molar-refractivity contribution is 7.99. The van der Waals surface area contributed by atoms with Crippen molar-refractivity contribution in [1.29, 1.82) is 0 Å². The number of benzene rings is 1. The summed E-state index contributed by atoms with van der Waals surface area (Å²) >= 11 is 1.44. The first kappa shape index (κ1) is 21.5. The molecule has 5 rings (SSSR count). The monoisotopic (exact) mass is 460 g/mol. The van der Waals surface area contributed by atoms with Crippen LogP contribution in [0.15, 0.2) is 28.5 Å². The second-order valence-electron chi connectivity index (χ2n) is 8.53. The van der Waals surface area contributed by atoms with Crippen LogP contribution in [0.4, 0.5) is 5.82 Å². The number of nitrogens with two attached hydrogens (primary N) is 1. The van der Waals surface area contributed by atoms with E-state index in [1.165, 1.54) is 18.1 Å². The average Bonchev–Trinajstić information content (AvgIpc) is 3.38. The molecule has 0 unspecified atom stereocenters. The lowest BCUT2D eigenvalue weighted by Gasteiger charge is -2.29. The first-order valence-corrected chi connectivity index (χ1v) is 11.9. The zero-order chi connectivity index (χ0) is 22.9. The molecule has 2 N–H and O–H groups in total. The quantitative estimate of drug-likeness (QED) is 0.445. The minimum absolute atomic E-state index is 0.153. The van der Waals surface area contributed by atoms with Crippen molar-refractivity contribution in [3.63, 3.8) is 0 Å². The maximum Gasteiger partial charge on any atom is 0.209 e. The number of imidazole rings is 1. The summed E-state index contributed by atoms with van der Waals surface area (Å²) in [5, 5.41) is 0.726. The number of nitrogens with zero attached hydrogens (tertiary/aromatic N) is 5. The molecule has 0 bridgehead atoms. The maximum atomic E-state index is 12.3. The van der Waals surface area contributed by atoms with Gasteiger partial charge < -0.3 is 15.2 Å². The number of fused-ring (bicyclic) bond motifs is 2. The van der Waals surface area contributed by atoms with E-state index in [4.69, 9.17) is 17.1 Å². The zero-order valence-corrected chi connectivity index (χ0v) is 19.0. The second-order valence-corrected chi connectivity index (χ2v) is 9.53. The SMILES string of the molecule is C#Cc1cc2c(cc1Sc1nc3c(N)ncnc3n1CCC1CCN(C=O)CC1)C(=O)CC2. The number of aromatic nitrogens is 4. The third-order valence-electron chi connectivity index (χ3n) is 6.57. The number of nitrogen functional groups attached to an aromatic ring is 1. The van der Waals surface area contributed by atoms with E-state index in [1.807, 2.05) is 17.0 Å². The zero-order valence-electron chi connectivity index (χ0n) is 18.2. The highest BCUT2D eigenvalue weighted by Crippen LogP contribution is 2.36. The van der Waals surface area contributed by atoms with Gasteiger partial charge in [0.1, 0.15) is 6.33 Å². The van der Waals surface area contributed by atoms with Crippen molar-refractivity contribution in [2.75, 3.05) is 18.8 Å². The van der Waals surface area contributed by atoms with Crippen molar-refractivity contribution in [1.82, 2.24) is 24.4 Å². The van der Waals surface area contributed by atoms with Crippen LogP contribution in [0.3, 0.4) is 0 Å². The summed E-state index contributed by atoms with van der Waals surface area (Å²) in [6, 6.07) is 3.85. The number of piperidine rings is 1. The minimum atomic E-state index is 0.153. The Morgan fingerprint density at radius 3 is 2.82 bits per heavy atom. The number of carbonyl (C=O) groups is 2. The molecule has 1 aliphatic heterocycles. The molecular formula is C24H24N6O2S. The number of aryl methyl sites for hydroxylation is 2. The van der Waals surface area contributed by atoms with Gasteiger partial charge in [-0.2, -0.15) is 0 Å². The van der Waals surface area contributed by atoms with E-state index in [-0.39, 0.29) is 5.78 Å². The smallest absolute Gasteiger partial charge is 0.209 e. The van der Waals surface area contributed by atoms with Crippen LogP contribution in [-0.4, -0.2) is 49.7 Å². The fraction of sp³-hybridized carbons (Fsp3) is 0.375. The van der Waals surface area contributed by atoms with Gasteiger partial charge in [0.25, 0.3) is 0 Å². The maximum absolute atomic E-state index is 12.3. The first-order valence-electron chi connectivity index (χ1n) is 11.1. The van der Waals surface area contributed by atoms with Gasteiger partial charge in [0.05, 0.1) is 0 Å². The van der Waals surface area contributed by atoms with Gasteiger partial charge in [-0.15, -0.1) is 6.42 Å². The standard InChI is InChI=1S/C24H24N6O2S/c1-2-16-11-17-3-4-19(32)18(17)12-20(16)33-24-28-21-22(25)26-13-27-23(21)30(24)10-7-15-5-8-29(14-31)9-6-15/h1,11-15H,3-10H2,(H2,25,26,27). The molecule has 3 heterocycles. The molecule has 1 saturated heterocycles. The lowest BCUT2D eigenvalue weighted by Crippen LogP contribution is -2.32. The second kappa shape index (κ2) is 8.87. The van der Waals surface area contributed by atoms with E-state index in [9.17, 15) is 9.59 Å². The van der Waals surface area contributed by atoms with Crippen LogP contribution in [0, 0.1) is 18.3 Å². The molecule has 3 aromatic rings. The average molecular weight is 461 g/mol. The molecule has 2 aliphatic rings. The fourth-order valence-electron chi connectivity index (χ4n) is 4.64. The van der Waals surface area contributed by atoms with Gasteiger partial charge in [-0.05, 0) is 49.3 Å². The normalized spacial score (nSPS) is 16.2. The Morgan fingerprint density at radius 1 is 1.24 bits per heavy atom. The van der Waals surface area contributed by atoms with Crippen molar-refractivity contribution in [3.8, 4) is 12.3 Å². The Labute approximate surface area is 196 Å². The molecule has 0 atom stereocenters. The molecule has 0 radical (unpaired) electrons. The number of terminal acetylenes is 1. The number of hydrogen-bond donors (Lipinski definition) is 1. The molecule has 1 amide bonds. The number of rotatable bonds is 6. The molecule has 0 saturated carbocycles. The summed E-state index contributed by atoms with van der Waals surface area (Å²) in [5.41, 5.74) is 9.88. The highest BCUT2D eigenvalue weighted by atomic mass is 32.2. The Hall–Kier alpha value is -3.38. The molecule has 1 aliphatic carbocycles. The van der Waals surface area contributed by atoms with Crippen molar-refractivity contribution in [2.24, 2.45) is 5.92 Å². The number of anilines is 1. The van der Waals surface area contributed by atoms with Gasteiger partial charge in [-0.25, -0.2) is 15.0 Å². The van der Waals surface area contributed by atoms with Gasteiger partial charge in [-0.1, -0.05) is 17.7 Å². The predicted octanol–water partition coefficient (Wildman–Crippen LogP) is 2.93. The van der Waals surface area contributed by atoms with Crippen LogP contribution in [0.2, 0.25) is 0 Å². The van der Waals surface area contributed by atoms with Gasteiger partial charge in [0.15, 0.2) is 27.9 Å². The Morgan fingerprint density at radius 2 is 2.06 bits per heavy atom. The molecule has 8 nitrogen and oxygen atoms in total. The van der Waals surface area contributed by atoms with Crippen LogP contribution in [0.25, 0.3) is 11.2 Å². The van der Waals surface area contributed by atoms with Gasteiger partial charge >= 0.3 is 0 Å². The van der Waals surface area contributed by atoms with E-state index >= 15 is 0 Å². The third-order valence-corrected chi connectivity index (χ3v) is 7.62. The van der Waals surface area contributed by atoms with Crippen molar-refractivity contribution >= 4 is 40.9 Å². The topological polar surface area (TPSA) is 107 Å². The third kappa shape index (κ3) is 4.07. The van der Waals surface area contributed by atoms with Crippen LogP contribution in [-0.2, 0) is 17.8 Å². The summed E-state index contributed by atoms with van der Waals surface area (Å²) in [5.74, 6) is 3.77. The lowest BCUT2D eigenvalue weighted by atomic mass is 9.94. The summed E-state index contributed by atoms with van der Waals surface area (Å²) < 4.78 is 2.07. The minimum Gasteiger partial charge on any atom is -0.382 e. The number of ketones is 1. The number of amides is 1. The molecule has 0 spiro atoms. The molecule has 1 aromatic carbocycles. The summed E-state index contributed by atoms with van der Waals surface area (Å²) in [6.07, 6.45) is 12.4. The van der Waals surface area contributed by atoms with E-state index in [0.717, 1.165) is 78.5 Å². The van der Waals surface area contributed by atoms with Crippen molar-refractivity contribution < 1.29 is 9.59 Å². The number of likely N-dealkylation sites (tertiary alicyclic amines) is 1. The van der Waals surface area contributed by atoms with Gasteiger partial charge in [0, 0.05) is 42.1 Å². The Balaban J connectivity index is 1.47. The van der Waals surface area contributed by atoms with Crippen LogP contribution >= 0.6 is 11.8 Å². The molecule has 9 heteroatoms. The van der Waals surface area contributed by atoms with Gasteiger partial charge in [0.2, 0.25) is 6.41 Å². The van der Waals surface area contributed by atoms with Crippen LogP contribution in [0.1, 0.15) is 47.2 Å². The molecule has 33 heavy (non-hydrogen) atoms.